The average molecular weight is 533 g/mol. The van der Waals surface area contributed by atoms with Gasteiger partial charge in [0.1, 0.15) is 24.2 Å². The maximum Gasteiger partial charge on any atom is 0.276 e. The fourth-order valence-corrected chi connectivity index (χ4v) is 6.06. The molecule has 0 bridgehead atoms. The molecule has 182 valence electrons. The Morgan fingerprint density at radius 1 is 1.46 bits per heavy atom. The van der Waals surface area contributed by atoms with Crippen LogP contribution in [-0.2, 0) is 21.4 Å². The topological polar surface area (TPSA) is 165 Å². The molecule has 2 atom stereocenters. The van der Waals surface area contributed by atoms with E-state index < -0.39 is 34.9 Å². The van der Waals surface area contributed by atoms with E-state index in [4.69, 9.17) is 5.73 Å². The lowest BCUT2D eigenvalue weighted by Gasteiger charge is -2.50. The number of thiazole rings is 1. The van der Waals surface area contributed by atoms with E-state index in [-0.39, 0.29) is 16.5 Å². The Morgan fingerprint density at radius 2 is 2.20 bits per heavy atom. The van der Waals surface area contributed by atoms with Crippen LogP contribution in [0.4, 0.5) is 5.13 Å². The fraction of sp³-hybridized carbons (Fsp3) is 0.238. The first-order valence-corrected chi connectivity index (χ1v) is 13.1. The van der Waals surface area contributed by atoms with Gasteiger partial charge >= 0.3 is 0 Å². The lowest BCUT2D eigenvalue weighted by Crippen LogP contribution is -2.71. The zero-order valence-corrected chi connectivity index (χ0v) is 20.7. The van der Waals surface area contributed by atoms with Crippen LogP contribution < -0.4 is 20.7 Å². The summed E-state index contributed by atoms with van der Waals surface area (Å²) in [6, 6.07) is 2.97. The van der Waals surface area contributed by atoms with Crippen molar-refractivity contribution in [2.75, 3.05) is 17.2 Å². The molecule has 0 aliphatic carbocycles. The Hall–Kier alpha value is -3.36. The molecule has 0 aromatic carbocycles. The summed E-state index contributed by atoms with van der Waals surface area (Å²) in [5.74, 6) is -1.96. The normalized spacial score (nSPS) is 20.1. The molecule has 4 heterocycles. The minimum absolute atomic E-state index is 0.0671. The molecule has 11 nitrogen and oxygen atoms in total. The van der Waals surface area contributed by atoms with Crippen LogP contribution in [0, 0.1) is 0 Å². The molecule has 0 spiro atoms. The number of carbonyl (C=O) groups is 3. The van der Waals surface area contributed by atoms with E-state index in [1.807, 2.05) is 42.2 Å². The number of nitrogen functional groups attached to an aromatic ring is 1. The minimum atomic E-state index is -1.47. The van der Waals surface area contributed by atoms with Crippen molar-refractivity contribution < 1.29 is 29.3 Å². The number of hydrogen-bond acceptors (Lipinski definition) is 11. The maximum atomic E-state index is 12.8. The molecule has 35 heavy (non-hydrogen) atoms. The summed E-state index contributed by atoms with van der Waals surface area (Å²) in [5, 5.41) is 27.6. The molecule has 2 aliphatic heterocycles. The standard InChI is InChI=1S/C21H20N6O5S3/c1-26-6-4-12(5-7-26)33-8-2-3-11-9-34-19-15(18(29)27(19)16(11)20(30)31)24-17(28)14(25-32)13-10-35-21(22)23-13/h2-7,10,15,19H,8-9H2,1H3,(H4-,22,23,24,28,30,31,32)/b3-2+/t15-,19-/m1/s1. The summed E-state index contributed by atoms with van der Waals surface area (Å²) in [5.41, 5.74) is 5.48. The second-order valence-electron chi connectivity index (χ2n) is 7.45. The van der Waals surface area contributed by atoms with Gasteiger partial charge in [-0.1, -0.05) is 17.3 Å². The van der Waals surface area contributed by atoms with Gasteiger partial charge in [0.05, 0.1) is 11.7 Å². The first-order chi connectivity index (χ1) is 16.8. The molecule has 4 N–H and O–H groups in total. The highest BCUT2D eigenvalue weighted by Crippen LogP contribution is 2.40. The van der Waals surface area contributed by atoms with Gasteiger partial charge in [-0.15, -0.1) is 34.9 Å². The molecule has 4 rings (SSSR count). The third kappa shape index (κ3) is 5.18. The van der Waals surface area contributed by atoms with Gasteiger partial charge in [0.15, 0.2) is 23.2 Å². The first kappa shape index (κ1) is 24.8. The highest BCUT2D eigenvalue weighted by Gasteiger charge is 2.53. The molecule has 14 heteroatoms. The van der Waals surface area contributed by atoms with Crippen LogP contribution in [0.1, 0.15) is 5.69 Å². The van der Waals surface area contributed by atoms with Gasteiger partial charge in [-0.2, -0.15) is 0 Å². The lowest BCUT2D eigenvalue weighted by atomic mass is 10.0. The molecule has 0 radical (unpaired) electrons. The Morgan fingerprint density at radius 3 is 2.83 bits per heavy atom. The van der Waals surface area contributed by atoms with E-state index in [0.29, 0.717) is 17.1 Å². The number of hydrogen-bond donors (Lipinski definition) is 3. The number of carbonyl (C=O) groups excluding carboxylic acids is 3. The van der Waals surface area contributed by atoms with Crippen LogP contribution in [-0.4, -0.2) is 61.5 Å². The van der Waals surface area contributed by atoms with Crippen LogP contribution in [0.15, 0.2) is 63.4 Å². The second kappa shape index (κ2) is 10.5. The summed E-state index contributed by atoms with van der Waals surface area (Å²) >= 11 is 3.97. The first-order valence-electron chi connectivity index (χ1n) is 10.2. The molecule has 0 saturated carbocycles. The van der Waals surface area contributed by atoms with Gasteiger partial charge in [0.25, 0.3) is 11.8 Å². The number of allylic oxidation sites excluding steroid dienone is 1. The zero-order chi connectivity index (χ0) is 25.1. The smallest absolute Gasteiger partial charge is 0.276 e. The maximum absolute atomic E-state index is 12.8. The number of amides is 2. The molecule has 0 unspecified atom stereocenters. The monoisotopic (exact) mass is 532 g/mol. The largest absolute Gasteiger partial charge is 0.543 e. The fourth-order valence-electron chi connectivity index (χ4n) is 3.50. The van der Waals surface area contributed by atoms with Crippen LogP contribution in [0.2, 0.25) is 0 Å². The Labute approximate surface area is 212 Å². The summed E-state index contributed by atoms with van der Waals surface area (Å²) in [7, 11) is 1.93. The van der Waals surface area contributed by atoms with Crippen LogP contribution in [0.5, 0.6) is 0 Å². The van der Waals surface area contributed by atoms with Crippen LogP contribution >= 0.6 is 34.9 Å². The molecular formula is C21H20N6O5S3. The number of thioether (sulfide) groups is 2. The predicted octanol–water partition coefficient (Wildman–Crippen LogP) is -0.519. The number of aromatic nitrogens is 2. The Balaban J connectivity index is 1.43. The summed E-state index contributed by atoms with van der Waals surface area (Å²) in [4.78, 5) is 43.4. The van der Waals surface area contributed by atoms with E-state index >= 15 is 0 Å². The number of pyridine rings is 1. The van der Waals surface area contributed by atoms with Crippen molar-refractivity contribution in [3.63, 3.8) is 0 Å². The van der Waals surface area contributed by atoms with Gasteiger partial charge < -0.3 is 26.2 Å². The van der Waals surface area contributed by atoms with Crippen LogP contribution in [0.25, 0.3) is 0 Å². The number of oxime groups is 1. The van der Waals surface area contributed by atoms with Crippen molar-refractivity contribution in [3.05, 3.63) is 59.0 Å². The molecule has 1 fully saturated rings. The second-order valence-corrected chi connectivity index (χ2v) is 10.5. The van der Waals surface area contributed by atoms with Gasteiger partial charge in [0.2, 0.25) is 0 Å². The van der Waals surface area contributed by atoms with Crippen LogP contribution in [0.3, 0.4) is 0 Å². The number of rotatable bonds is 8. The molecule has 2 aromatic rings. The number of carboxylic acid groups (broad SMARTS) is 1. The molecule has 2 aliphatic rings. The summed E-state index contributed by atoms with van der Waals surface area (Å²) < 4.78 is 1.93. The Kier molecular flexibility index (Phi) is 7.42. The van der Waals surface area contributed by atoms with Crippen molar-refractivity contribution in [3.8, 4) is 0 Å². The van der Waals surface area contributed by atoms with E-state index in [9.17, 15) is 24.7 Å². The number of nitrogens with two attached hydrogens (primary N) is 1. The van der Waals surface area contributed by atoms with E-state index in [0.717, 1.165) is 21.1 Å². The lowest BCUT2D eigenvalue weighted by molar-refractivity contribution is -0.671. The highest BCUT2D eigenvalue weighted by molar-refractivity contribution is 8.00. The number of fused-ring (bicyclic) bond motifs is 1. The number of carboxylic acids is 1. The minimum Gasteiger partial charge on any atom is -0.543 e. The molecular weight excluding hydrogens is 512 g/mol. The van der Waals surface area contributed by atoms with Crippen molar-refractivity contribution in [2.45, 2.75) is 16.3 Å². The van der Waals surface area contributed by atoms with Crippen molar-refractivity contribution >= 4 is 63.5 Å². The predicted molar refractivity (Wildman–Crippen MR) is 129 cm³/mol. The molecule has 2 amide bonds. The van der Waals surface area contributed by atoms with E-state index in [2.05, 4.69) is 15.5 Å². The highest BCUT2D eigenvalue weighted by atomic mass is 32.2. The number of anilines is 1. The van der Waals surface area contributed by atoms with Gasteiger partial charge in [-0.05, 0) is 5.57 Å². The van der Waals surface area contributed by atoms with Crippen molar-refractivity contribution in [1.29, 1.82) is 0 Å². The van der Waals surface area contributed by atoms with Gasteiger partial charge in [-0.3, -0.25) is 14.5 Å². The summed E-state index contributed by atoms with van der Waals surface area (Å²) in [6.07, 6.45) is 7.40. The number of nitrogens with one attached hydrogen (secondary N) is 1. The van der Waals surface area contributed by atoms with Crippen molar-refractivity contribution in [2.24, 2.45) is 12.2 Å². The van der Waals surface area contributed by atoms with E-state index in [1.54, 1.807) is 17.8 Å². The number of nitrogens with zero attached hydrogens (tertiary/aromatic N) is 4. The van der Waals surface area contributed by atoms with E-state index in [1.165, 1.54) is 17.1 Å². The third-order valence-corrected chi connectivity index (χ3v) is 8.11. The zero-order valence-electron chi connectivity index (χ0n) is 18.3. The average Bonchev–Trinajstić information content (AvgIpc) is 3.26. The number of aliphatic carboxylic acids is 1. The molecule has 1 saturated heterocycles. The SMILES string of the molecule is C[n+]1ccc(SC/C=C/C2=C(C(=O)[O-])N3C(=O)[C@@H](NC(=O)/C(=N\O)c4csc(N)n4)[C@H]3SC2)cc1. The number of aryl methyl sites for hydroxylation is 1. The van der Waals surface area contributed by atoms with Gasteiger partial charge in [-0.25, -0.2) is 9.55 Å². The van der Waals surface area contributed by atoms with Gasteiger partial charge in [0, 0.05) is 33.9 Å². The van der Waals surface area contributed by atoms with Crippen molar-refractivity contribution in [1.82, 2.24) is 15.2 Å². The summed E-state index contributed by atoms with van der Waals surface area (Å²) in [6.45, 7) is 0. The molecule has 2 aromatic heterocycles. The Bertz CT molecular complexity index is 1260. The number of β-lactam (4-membered cyclic amide) rings is 1. The quantitative estimate of drug-likeness (QED) is 0.101. The third-order valence-electron chi connectivity index (χ3n) is 5.17.